The number of aliphatic hydroxyl groups excluding tert-OH is 1. The van der Waals surface area contributed by atoms with Crippen LogP contribution in [0.1, 0.15) is 120 Å². The molecule has 0 bridgehead atoms. The lowest BCUT2D eigenvalue weighted by atomic mass is 9.32. The highest BCUT2D eigenvalue weighted by atomic mass is 16.3. The zero-order valence-electron chi connectivity index (χ0n) is 21.9. The molecule has 1 N–H and O–H groups in total. The predicted molar refractivity (Wildman–Crippen MR) is 131 cm³/mol. The number of fused-ring (bicyclic) bond motifs is 7. The summed E-state index contributed by atoms with van der Waals surface area (Å²) in [5.41, 5.74) is 4.02. The molecular weight excluding hydrogens is 376 g/mol. The Morgan fingerprint density at radius 1 is 0.677 bits per heavy atom. The SMILES string of the molecule is CC1(C)C=C2[C@H]3CC[C@@H]4[C@@]5(C)CC[C@H](O)C(C)(C)[C@@H]5CC[C@@]4(C)[C@]3(C)CC[C@@]2(C)CC1. The van der Waals surface area contributed by atoms with Gasteiger partial charge in [-0.1, -0.05) is 67.0 Å². The van der Waals surface area contributed by atoms with Crippen LogP contribution in [0.3, 0.4) is 0 Å². The van der Waals surface area contributed by atoms with Crippen LogP contribution < -0.4 is 0 Å². The third-order valence-electron chi connectivity index (χ3n) is 13.0. The lowest BCUT2D eigenvalue weighted by Gasteiger charge is -2.72. The average Bonchev–Trinajstić information content (AvgIpc) is 2.67. The largest absolute Gasteiger partial charge is 0.393 e. The van der Waals surface area contributed by atoms with Crippen molar-refractivity contribution < 1.29 is 5.11 Å². The number of hydrogen-bond donors (Lipinski definition) is 1. The molecule has 5 rings (SSSR count). The second kappa shape index (κ2) is 6.43. The van der Waals surface area contributed by atoms with Gasteiger partial charge in [0.05, 0.1) is 6.10 Å². The van der Waals surface area contributed by atoms with Gasteiger partial charge in [-0.05, 0) is 114 Å². The summed E-state index contributed by atoms with van der Waals surface area (Å²) in [5, 5.41) is 10.9. The van der Waals surface area contributed by atoms with E-state index in [1.54, 1.807) is 0 Å². The molecule has 0 spiro atoms. The number of rotatable bonds is 0. The molecule has 176 valence electrons. The third kappa shape index (κ3) is 2.77. The Balaban J connectivity index is 1.56. The molecule has 1 nitrogen and oxygen atoms in total. The minimum absolute atomic E-state index is 0.0626. The monoisotopic (exact) mass is 426 g/mol. The van der Waals surface area contributed by atoms with Crippen molar-refractivity contribution in [2.45, 2.75) is 126 Å². The highest BCUT2D eigenvalue weighted by Crippen LogP contribution is 2.76. The van der Waals surface area contributed by atoms with Crippen LogP contribution in [-0.4, -0.2) is 11.2 Å². The van der Waals surface area contributed by atoms with Crippen LogP contribution in [0.2, 0.25) is 0 Å². The molecule has 5 aliphatic rings. The van der Waals surface area contributed by atoms with E-state index in [1.807, 2.05) is 5.57 Å². The van der Waals surface area contributed by atoms with E-state index in [0.717, 1.165) is 18.3 Å². The first-order chi connectivity index (χ1) is 14.2. The van der Waals surface area contributed by atoms with Crippen LogP contribution in [0.15, 0.2) is 11.6 Å². The Labute approximate surface area is 192 Å². The second-order valence-electron chi connectivity index (χ2n) is 15.1. The third-order valence-corrected chi connectivity index (χ3v) is 13.0. The molecule has 0 heterocycles. The molecule has 31 heavy (non-hydrogen) atoms. The van der Waals surface area contributed by atoms with Crippen molar-refractivity contribution in [1.29, 1.82) is 0 Å². The summed E-state index contributed by atoms with van der Waals surface area (Å²) in [6, 6.07) is 0. The second-order valence-corrected chi connectivity index (χ2v) is 15.1. The quantitative estimate of drug-likeness (QED) is 0.387. The molecule has 0 amide bonds. The molecule has 0 aliphatic heterocycles. The number of aliphatic hydroxyl groups is 1. The van der Waals surface area contributed by atoms with Crippen LogP contribution in [0.4, 0.5) is 0 Å². The Bertz CT molecular complexity index is 790. The minimum atomic E-state index is -0.119. The van der Waals surface area contributed by atoms with E-state index in [4.69, 9.17) is 0 Å². The first-order valence-electron chi connectivity index (χ1n) is 13.6. The van der Waals surface area contributed by atoms with Crippen LogP contribution in [0.5, 0.6) is 0 Å². The van der Waals surface area contributed by atoms with Gasteiger partial charge in [0.25, 0.3) is 0 Å². The fraction of sp³-hybridized carbons (Fsp3) is 0.933. The summed E-state index contributed by atoms with van der Waals surface area (Å²) >= 11 is 0. The summed E-state index contributed by atoms with van der Waals surface area (Å²) in [5.74, 6) is 2.27. The molecule has 0 saturated heterocycles. The van der Waals surface area contributed by atoms with Gasteiger partial charge >= 0.3 is 0 Å². The van der Waals surface area contributed by atoms with Crippen LogP contribution >= 0.6 is 0 Å². The van der Waals surface area contributed by atoms with E-state index in [9.17, 15) is 5.11 Å². The predicted octanol–water partition coefficient (Wildman–Crippen LogP) is 8.17. The van der Waals surface area contributed by atoms with Gasteiger partial charge in [0, 0.05) is 0 Å². The van der Waals surface area contributed by atoms with E-state index in [-0.39, 0.29) is 11.5 Å². The van der Waals surface area contributed by atoms with Gasteiger partial charge in [0.15, 0.2) is 0 Å². The molecule has 1 heteroatoms. The highest BCUT2D eigenvalue weighted by molar-refractivity contribution is 5.31. The maximum Gasteiger partial charge on any atom is 0.0594 e. The molecule has 0 aromatic rings. The summed E-state index contributed by atoms with van der Waals surface area (Å²) < 4.78 is 0. The summed E-state index contributed by atoms with van der Waals surface area (Å²) in [7, 11) is 0. The molecule has 0 radical (unpaired) electrons. The standard InChI is InChI=1S/C30H50O/c1-25(2)15-16-27(5)17-18-29(7)20(21(27)19-25)9-10-23-28(6)13-12-24(31)26(3,4)22(28)11-14-30(23,29)8/h19-20,22-24,31H,9-18H2,1-8H3/t20-,22+,23-,24+,27-,28+,29-,30-/m1/s1. The first-order valence-corrected chi connectivity index (χ1v) is 13.6. The van der Waals surface area contributed by atoms with Gasteiger partial charge < -0.3 is 5.11 Å². The highest BCUT2D eigenvalue weighted by Gasteiger charge is 2.68. The summed E-state index contributed by atoms with van der Waals surface area (Å²) in [6.07, 6.45) is 15.9. The van der Waals surface area contributed by atoms with Gasteiger partial charge in [-0.3, -0.25) is 0 Å². The van der Waals surface area contributed by atoms with Crippen molar-refractivity contribution in [3.05, 3.63) is 11.6 Å². The van der Waals surface area contributed by atoms with Crippen LogP contribution in [0, 0.1) is 50.2 Å². The van der Waals surface area contributed by atoms with Crippen molar-refractivity contribution in [3.63, 3.8) is 0 Å². The molecular formula is C30H50O. The molecule has 8 atom stereocenters. The molecule has 4 saturated carbocycles. The maximum atomic E-state index is 10.9. The van der Waals surface area contributed by atoms with Crippen molar-refractivity contribution >= 4 is 0 Å². The molecule has 4 fully saturated rings. The lowest BCUT2D eigenvalue weighted by Crippen LogP contribution is -2.65. The number of hydrogen-bond acceptors (Lipinski definition) is 1. The zero-order chi connectivity index (χ0) is 22.7. The van der Waals surface area contributed by atoms with E-state index < -0.39 is 0 Å². The van der Waals surface area contributed by atoms with Crippen molar-refractivity contribution in [2.24, 2.45) is 50.2 Å². The summed E-state index contributed by atoms with van der Waals surface area (Å²) in [4.78, 5) is 0. The Morgan fingerprint density at radius 3 is 2.06 bits per heavy atom. The Morgan fingerprint density at radius 2 is 1.35 bits per heavy atom. The van der Waals surface area contributed by atoms with E-state index in [1.165, 1.54) is 57.8 Å². The molecule has 0 unspecified atom stereocenters. The van der Waals surface area contributed by atoms with Crippen LogP contribution in [-0.2, 0) is 0 Å². The Hall–Kier alpha value is -0.300. The topological polar surface area (TPSA) is 20.2 Å². The van der Waals surface area contributed by atoms with Crippen molar-refractivity contribution in [2.75, 3.05) is 0 Å². The van der Waals surface area contributed by atoms with Gasteiger partial charge in [-0.15, -0.1) is 0 Å². The van der Waals surface area contributed by atoms with Crippen molar-refractivity contribution in [3.8, 4) is 0 Å². The maximum absolute atomic E-state index is 10.9. The molecule has 0 aromatic carbocycles. The lowest BCUT2D eigenvalue weighted by molar-refractivity contribution is -0.228. The zero-order valence-corrected chi connectivity index (χ0v) is 21.9. The van der Waals surface area contributed by atoms with Gasteiger partial charge in [-0.2, -0.15) is 0 Å². The average molecular weight is 427 g/mol. The first kappa shape index (κ1) is 22.5. The minimum Gasteiger partial charge on any atom is -0.393 e. The van der Waals surface area contributed by atoms with E-state index >= 15 is 0 Å². The van der Waals surface area contributed by atoms with Gasteiger partial charge in [-0.25, -0.2) is 0 Å². The van der Waals surface area contributed by atoms with Crippen molar-refractivity contribution in [1.82, 2.24) is 0 Å². The summed E-state index contributed by atoms with van der Waals surface area (Å²) in [6.45, 7) is 20.4. The van der Waals surface area contributed by atoms with E-state index in [2.05, 4.69) is 61.5 Å². The van der Waals surface area contributed by atoms with Gasteiger partial charge in [0.1, 0.15) is 0 Å². The normalized spacial score (nSPS) is 55.2. The Kier molecular flexibility index (Phi) is 4.66. The fourth-order valence-electron chi connectivity index (χ4n) is 10.6. The number of allylic oxidation sites excluding steroid dienone is 2. The van der Waals surface area contributed by atoms with Gasteiger partial charge in [0.2, 0.25) is 0 Å². The molecule has 5 aliphatic carbocycles. The van der Waals surface area contributed by atoms with Crippen LogP contribution in [0.25, 0.3) is 0 Å². The van der Waals surface area contributed by atoms with E-state index in [0.29, 0.717) is 33.0 Å². The smallest absolute Gasteiger partial charge is 0.0594 e. The molecule has 0 aromatic heterocycles. The fourth-order valence-corrected chi connectivity index (χ4v) is 10.6.